The summed E-state index contributed by atoms with van der Waals surface area (Å²) in [6, 6.07) is 2.06. The molecule has 6 nitrogen and oxygen atoms in total. The van der Waals surface area contributed by atoms with E-state index in [-0.39, 0.29) is 12.1 Å². The minimum absolute atomic E-state index is 0.0454. The van der Waals surface area contributed by atoms with Crippen LogP contribution in [0.5, 0.6) is 11.5 Å². The second-order valence-electron chi connectivity index (χ2n) is 6.29. The van der Waals surface area contributed by atoms with Gasteiger partial charge in [0.05, 0.1) is 27.4 Å². The standard InChI is InChI=1S/C19H30N2O4/c1-6-8-20-11-14-10-17(23-4)16-12-21(19(22)25-7-2)13(3)9-15(16)18(14)24-5/h10,13,20H,6-9,11-12H2,1-5H3. The third kappa shape index (κ3) is 4.18. The lowest BCUT2D eigenvalue weighted by molar-refractivity contribution is 0.0853. The number of carbonyl (C=O) groups is 1. The second-order valence-corrected chi connectivity index (χ2v) is 6.29. The minimum Gasteiger partial charge on any atom is -0.496 e. The van der Waals surface area contributed by atoms with Crippen molar-refractivity contribution < 1.29 is 19.0 Å². The van der Waals surface area contributed by atoms with Crippen molar-refractivity contribution in [3.8, 4) is 11.5 Å². The highest BCUT2D eigenvalue weighted by atomic mass is 16.6. The molecule has 6 heteroatoms. The summed E-state index contributed by atoms with van der Waals surface area (Å²) in [5.41, 5.74) is 3.22. The number of ether oxygens (including phenoxy) is 3. The Balaban J connectivity index is 2.39. The molecule has 1 N–H and O–H groups in total. The van der Waals surface area contributed by atoms with Crippen LogP contribution in [0.2, 0.25) is 0 Å². The van der Waals surface area contributed by atoms with E-state index in [0.717, 1.165) is 54.1 Å². The zero-order valence-electron chi connectivity index (χ0n) is 16.0. The van der Waals surface area contributed by atoms with Crippen LogP contribution in [0.1, 0.15) is 43.9 Å². The smallest absolute Gasteiger partial charge is 0.410 e. The number of nitrogens with one attached hydrogen (secondary N) is 1. The molecule has 0 aliphatic carbocycles. The number of fused-ring (bicyclic) bond motifs is 1. The molecule has 1 amide bonds. The van der Waals surface area contributed by atoms with E-state index in [4.69, 9.17) is 14.2 Å². The van der Waals surface area contributed by atoms with Crippen LogP contribution in [0.15, 0.2) is 6.07 Å². The first kappa shape index (κ1) is 19.4. The average Bonchev–Trinajstić information content (AvgIpc) is 2.60. The zero-order chi connectivity index (χ0) is 18.4. The molecule has 1 aliphatic heterocycles. The topological polar surface area (TPSA) is 60.0 Å². The fourth-order valence-electron chi connectivity index (χ4n) is 3.33. The van der Waals surface area contributed by atoms with Gasteiger partial charge in [0.15, 0.2) is 0 Å². The van der Waals surface area contributed by atoms with Gasteiger partial charge in [-0.1, -0.05) is 6.92 Å². The summed E-state index contributed by atoms with van der Waals surface area (Å²) in [5.74, 6) is 1.69. The lowest BCUT2D eigenvalue weighted by Crippen LogP contribution is -2.43. The highest BCUT2D eigenvalue weighted by Crippen LogP contribution is 2.39. The van der Waals surface area contributed by atoms with Gasteiger partial charge in [-0.3, -0.25) is 0 Å². The Hall–Kier alpha value is -1.95. The predicted molar refractivity (Wildman–Crippen MR) is 97.3 cm³/mol. The van der Waals surface area contributed by atoms with Crippen LogP contribution in [-0.2, 0) is 24.2 Å². The number of amides is 1. The van der Waals surface area contributed by atoms with E-state index in [1.54, 1.807) is 19.1 Å². The lowest BCUT2D eigenvalue weighted by atomic mass is 9.91. The molecule has 25 heavy (non-hydrogen) atoms. The van der Waals surface area contributed by atoms with Gasteiger partial charge >= 0.3 is 6.09 Å². The van der Waals surface area contributed by atoms with Crippen LogP contribution < -0.4 is 14.8 Å². The summed E-state index contributed by atoms with van der Waals surface area (Å²) in [4.78, 5) is 14.0. The Kier molecular flexibility index (Phi) is 6.93. The van der Waals surface area contributed by atoms with Crippen molar-refractivity contribution in [1.29, 1.82) is 0 Å². The Morgan fingerprint density at radius 1 is 1.28 bits per heavy atom. The quantitative estimate of drug-likeness (QED) is 0.766. The maximum atomic E-state index is 12.2. The van der Waals surface area contributed by atoms with Crippen LogP contribution in [0.3, 0.4) is 0 Å². The van der Waals surface area contributed by atoms with Gasteiger partial charge in [-0.15, -0.1) is 0 Å². The SMILES string of the molecule is CCCNCc1cc(OC)c2c(c1OC)CC(C)N(C(=O)OCC)C2. The van der Waals surface area contributed by atoms with E-state index in [0.29, 0.717) is 13.2 Å². The Bertz CT molecular complexity index is 604. The van der Waals surface area contributed by atoms with E-state index < -0.39 is 0 Å². The van der Waals surface area contributed by atoms with Gasteiger partial charge in [-0.25, -0.2) is 4.79 Å². The molecule has 0 saturated heterocycles. The van der Waals surface area contributed by atoms with Crippen LogP contribution >= 0.6 is 0 Å². The fraction of sp³-hybridized carbons (Fsp3) is 0.632. The van der Waals surface area contributed by atoms with Gasteiger partial charge in [0.25, 0.3) is 0 Å². The van der Waals surface area contributed by atoms with Crippen molar-refractivity contribution in [3.05, 3.63) is 22.8 Å². The van der Waals surface area contributed by atoms with Crippen molar-refractivity contribution in [2.45, 2.75) is 52.7 Å². The first-order valence-electron chi connectivity index (χ1n) is 8.96. The van der Waals surface area contributed by atoms with Crippen molar-refractivity contribution in [2.75, 3.05) is 27.4 Å². The van der Waals surface area contributed by atoms with Crippen LogP contribution in [0.25, 0.3) is 0 Å². The van der Waals surface area contributed by atoms with Crippen molar-refractivity contribution in [3.63, 3.8) is 0 Å². The first-order chi connectivity index (χ1) is 12.1. The summed E-state index contributed by atoms with van der Waals surface area (Å²) in [5, 5.41) is 3.42. The van der Waals surface area contributed by atoms with Crippen molar-refractivity contribution in [1.82, 2.24) is 10.2 Å². The van der Waals surface area contributed by atoms with Gasteiger partial charge in [0, 0.05) is 29.3 Å². The molecule has 140 valence electrons. The molecule has 0 fully saturated rings. The third-order valence-corrected chi connectivity index (χ3v) is 4.56. The molecule has 1 aromatic rings. The van der Waals surface area contributed by atoms with E-state index in [2.05, 4.69) is 12.2 Å². The van der Waals surface area contributed by atoms with Gasteiger partial charge in [-0.2, -0.15) is 0 Å². The molecule has 0 saturated carbocycles. The molecule has 2 rings (SSSR count). The van der Waals surface area contributed by atoms with Crippen LogP contribution in [0.4, 0.5) is 4.79 Å². The number of hydrogen-bond donors (Lipinski definition) is 1. The van der Waals surface area contributed by atoms with Crippen LogP contribution in [-0.4, -0.2) is 44.4 Å². The average molecular weight is 350 g/mol. The fourth-order valence-corrected chi connectivity index (χ4v) is 3.33. The molecule has 1 heterocycles. The molecule has 0 bridgehead atoms. The van der Waals surface area contributed by atoms with Gasteiger partial charge in [0.1, 0.15) is 11.5 Å². The van der Waals surface area contributed by atoms with E-state index in [1.807, 2.05) is 19.9 Å². The molecule has 1 aromatic carbocycles. The van der Waals surface area contributed by atoms with E-state index in [1.165, 1.54) is 0 Å². The van der Waals surface area contributed by atoms with Crippen molar-refractivity contribution >= 4 is 6.09 Å². The lowest BCUT2D eigenvalue weighted by Gasteiger charge is -2.36. The summed E-state index contributed by atoms with van der Waals surface area (Å²) >= 11 is 0. The highest BCUT2D eigenvalue weighted by Gasteiger charge is 2.32. The maximum Gasteiger partial charge on any atom is 0.410 e. The van der Waals surface area contributed by atoms with Crippen LogP contribution in [0, 0.1) is 0 Å². The summed E-state index contributed by atoms with van der Waals surface area (Å²) in [6.07, 6.45) is 1.51. The molecular formula is C19H30N2O4. The molecule has 0 aromatic heterocycles. The number of hydrogen-bond acceptors (Lipinski definition) is 5. The number of methoxy groups -OCH3 is 2. The normalized spacial score (nSPS) is 16.4. The highest BCUT2D eigenvalue weighted by molar-refractivity contribution is 5.69. The van der Waals surface area contributed by atoms with E-state index in [9.17, 15) is 4.79 Å². The number of benzene rings is 1. The molecule has 1 aliphatic rings. The molecule has 0 radical (unpaired) electrons. The Morgan fingerprint density at radius 2 is 2.04 bits per heavy atom. The number of carbonyl (C=O) groups excluding carboxylic acids is 1. The van der Waals surface area contributed by atoms with Gasteiger partial charge in [0.2, 0.25) is 0 Å². The maximum absolute atomic E-state index is 12.2. The van der Waals surface area contributed by atoms with Crippen molar-refractivity contribution in [2.24, 2.45) is 0 Å². The third-order valence-electron chi connectivity index (χ3n) is 4.56. The number of nitrogens with zero attached hydrogens (tertiary/aromatic N) is 1. The van der Waals surface area contributed by atoms with Gasteiger partial charge in [-0.05, 0) is 39.3 Å². The number of rotatable bonds is 7. The van der Waals surface area contributed by atoms with E-state index >= 15 is 0 Å². The minimum atomic E-state index is -0.282. The molecular weight excluding hydrogens is 320 g/mol. The predicted octanol–water partition coefficient (Wildman–Crippen LogP) is 3.11. The first-order valence-corrected chi connectivity index (χ1v) is 8.96. The van der Waals surface area contributed by atoms with Gasteiger partial charge < -0.3 is 24.4 Å². The summed E-state index contributed by atoms with van der Waals surface area (Å²) in [7, 11) is 3.37. The monoisotopic (exact) mass is 350 g/mol. The molecule has 0 spiro atoms. The molecule has 1 atom stereocenters. The summed E-state index contributed by atoms with van der Waals surface area (Å²) in [6.45, 7) is 8.53. The Morgan fingerprint density at radius 3 is 2.64 bits per heavy atom. The second kappa shape index (κ2) is 8.94. The Labute approximate surface area is 150 Å². The zero-order valence-corrected chi connectivity index (χ0v) is 16.0. The largest absolute Gasteiger partial charge is 0.496 e. The summed E-state index contributed by atoms with van der Waals surface area (Å²) < 4.78 is 16.5. The molecule has 1 unspecified atom stereocenters.